The third-order valence-corrected chi connectivity index (χ3v) is 0. The van der Waals surface area contributed by atoms with Crippen molar-refractivity contribution in [1.29, 1.82) is 0 Å². The minimum atomic E-state index is 0. The fourth-order valence-electron chi connectivity index (χ4n) is 0. The zero-order valence-corrected chi connectivity index (χ0v) is 2.71. The van der Waals surface area contributed by atoms with E-state index in [0.29, 0.717) is 0 Å². The quantitative estimate of drug-likeness (QED) is 0.254. The van der Waals surface area contributed by atoms with Crippen LogP contribution in [0.15, 0.2) is 0 Å². The van der Waals surface area contributed by atoms with E-state index in [0.717, 1.165) is 7.85 Å². The van der Waals surface area contributed by atoms with Crippen LogP contribution in [0.4, 0.5) is 0 Å². The topological polar surface area (TPSA) is 0 Å². The molecule has 0 saturated heterocycles. The molecule has 0 bridgehead atoms. The van der Waals surface area contributed by atoms with Crippen molar-refractivity contribution in [3.05, 3.63) is 0 Å². The average Bonchev–Trinajstić information content (AvgIpc) is 0.918. The number of hydrogen-bond donors (Lipinski definition) is 0. The van der Waals surface area contributed by atoms with E-state index in [1.165, 1.54) is 6.32 Å². The molecule has 0 saturated carbocycles. The van der Waals surface area contributed by atoms with Crippen LogP contribution >= 0.6 is 0 Å². The van der Waals surface area contributed by atoms with Gasteiger partial charge in [-0.05, 0) is 7.85 Å². The van der Waals surface area contributed by atoms with E-state index >= 15 is 0 Å². The smallest absolute Gasteiger partial charge is 0.190 e. The standard InChI is InChI=1S/C2H8B.Li/c1-2-3;/h2H2,1,3H3;/q-1;+1. The van der Waals surface area contributed by atoms with Crippen molar-refractivity contribution in [2.75, 3.05) is 0 Å². The zero-order chi connectivity index (χ0) is 2.71. The van der Waals surface area contributed by atoms with Crippen LogP contribution in [-0.2, 0) is 0 Å². The molecule has 0 fully saturated rings. The zero-order valence-electron chi connectivity index (χ0n) is 2.71. The van der Waals surface area contributed by atoms with Crippen LogP contribution in [0.3, 0.4) is 0 Å². The van der Waals surface area contributed by atoms with Gasteiger partial charge in [-0.25, -0.2) is 0 Å². The van der Waals surface area contributed by atoms with Gasteiger partial charge < -0.3 is 0 Å². The molecule has 0 spiro atoms. The molecule has 0 heterocycles. The molecule has 4 heavy (non-hydrogen) atoms. The molecule has 2 heteroatoms. The first kappa shape index (κ1) is 8.82. The van der Waals surface area contributed by atoms with Gasteiger partial charge >= 0.3 is 18.9 Å². The van der Waals surface area contributed by atoms with Gasteiger partial charge in [0.15, 0.2) is 0 Å². The van der Waals surface area contributed by atoms with Crippen molar-refractivity contribution in [2.45, 2.75) is 13.2 Å². The molecule has 0 amide bonds. The molecule has 20 valence electrons. The summed E-state index contributed by atoms with van der Waals surface area (Å²) in [5.74, 6) is 0. The van der Waals surface area contributed by atoms with Gasteiger partial charge in [-0.3, -0.25) is 0 Å². The average molecular weight is 49.8 g/mol. The second-order valence-corrected chi connectivity index (χ2v) is 0. The normalized spacial score (nSPS) is 4.50. The monoisotopic (exact) mass is 50.1 g/mol. The van der Waals surface area contributed by atoms with Crippen molar-refractivity contribution < 1.29 is 18.9 Å². The molecule has 0 atom stereocenters. The van der Waals surface area contributed by atoms with E-state index in [1.54, 1.807) is 0 Å². The second kappa shape index (κ2) is 9.39. The Morgan fingerprint density at radius 1 is 1.75 bits per heavy atom. The molecular formula is C2H8BLi. The van der Waals surface area contributed by atoms with Gasteiger partial charge in [-0.15, -0.1) is 0 Å². The fraction of sp³-hybridized carbons (Fsp3) is 1.00. The SMILES string of the molecule is [BH3-]CC.[Li+]. The van der Waals surface area contributed by atoms with Crippen LogP contribution < -0.4 is 18.9 Å². The molecule has 0 N–H and O–H groups in total. The first-order chi connectivity index (χ1) is 1.41. The predicted octanol–water partition coefficient (Wildman–Crippen LogP) is -3.21. The van der Waals surface area contributed by atoms with Crippen LogP contribution in [0.5, 0.6) is 0 Å². The van der Waals surface area contributed by atoms with E-state index < -0.39 is 0 Å². The molecular weight excluding hydrogens is 41.8 g/mol. The molecule has 0 unspecified atom stereocenters. The van der Waals surface area contributed by atoms with Gasteiger partial charge in [0.05, 0.1) is 0 Å². The summed E-state index contributed by atoms with van der Waals surface area (Å²) in [5, 5.41) is 0. The number of hydrogen-bond acceptors (Lipinski definition) is 0. The largest absolute Gasteiger partial charge is 1.00 e. The molecule has 0 rings (SSSR count). The molecule has 0 aliphatic carbocycles. The summed E-state index contributed by atoms with van der Waals surface area (Å²) in [7, 11) is 0.764. The molecule has 0 aliphatic heterocycles. The Hall–Kier alpha value is 0.662. The molecule has 0 aromatic rings. The van der Waals surface area contributed by atoms with E-state index in [-0.39, 0.29) is 18.9 Å². The van der Waals surface area contributed by atoms with Gasteiger partial charge in [-0.1, -0.05) is 6.92 Å². The van der Waals surface area contributed by atoms with Crippen LogP contribution in [0.25, 0.3) is 0 Å². The predicted molar refractivity (Wildman–Crippen MR) is 20.4 cm³/mol. The van der Waals surface area contributed by atoms with Crippen molar-refractivity contribution in [2.24, 2.45) is 0 Å². The van der Waals surface area contributed by atoms with E-state index in [2.05, 4.69) is 6.92 Å². The van der Waals surface area contributed by atoms with Crippen molar-refractivity contribution in [1.82, 2.24) is 0 Å². The number of rotatable bonds is 0. The summed E-state index contributed by atoms with van der Waals surface area (Å²) in [5.41, 5.74) is 0. The Labute approximate surface area is 40.6 Å². The summed E-state index contributed by atoms with van der Waals surface area (Å²) in [6, 6.07) is 0. The first-order valence-electron chi connectivity index (χ1n) is 0.707. The van der Waals surface area contributed by atoms with Gasteiger partial charge in [0, 0.05) is 0 Å². The van der Waals surface area contributed by atoms with E-state index in [9.17, 15) is 0 Å². The maximum absolute atomic E-state index is 2.24. The minimum Gasteiger partial charge on any atom is -0.190 e. The van der Waals surface area contributed by atoms with Crippen LogP contribution in [-0.4, -0.2) is 7.85 Å². The van der Waals surface area contributed by atoms with Crippen molar-refractivity contribution in [3.63, 3.8) is 0 Å². The molecule has 0 aliphatic rings. The van der Waals surface area contributed by atoms with E-state index in [1.807, 2.05) is 0 Å². The van der Waals surface area contributed by atoms with Gasteiger partial charge in [0.2, 0.25) is 0 Å². The van der Waals surface area contributed by atoms with Gasteiger partial charge in [0.1, 0.15) is 0 Å². The van der Waals surface area contributed by atoms with Crippen molar-refractivity contribution in [3.8, 4) is 0 Å². The summed E-state index contributed by atoms with van der Waals surface area (Å²) in [6.45, 7) is 2.24. The summed E-state index contributed by atoms with van der Waals surface area (Å²) < 4.78 is 0. The molecule has 0 nitrogen and oxygen atoms in total. The summed E-state index contributed by atoms with van der Waals surface area (Å²) in [6.07, 6.45) is 1.50. The van der Waals surface area contributed by atoms with Gasteiger partial charge in [-0.2, -0.15) is 6.32 Å². The third kappa shape index (κ3) is 16.8. The maximum atomic E-state index is 2.24. The summed E-state index contributed by atoms with van der Waals surface area (Å²) >= 11 is 0. The Bertz CT molecular complexity index is 6.00. The Morgan fingerprint density at radius 2 is 1.75 bits per heavy atom. The Balaban J connectivity index is 0. The van der Waals surface area contributed by atoms with Crippen molar-refractivity contribution >= 4 is 7.85 Å². The first-order valence-corrected chi connectivity index (χ1v) is 0.707. The second-order valence-electron chi connectivity index (χ2n) is 0. The van der Waals surface area contributed by atoms with Crippen LogP contribution in [0.2, 0.25) is 6.32 Å². The van der Waals surface area contributed by atoms with E-state index in [4.69, 9.17) is 0 Å². The van der Waals surface area contributed by atoms with Crippen LogP contribution in [0, 0.1) is 0 Å². The Kier molecular flexibility index (Phi) is 20.7. The van der Waals surface area contributed by atoms with Crippen LogP contribution in [0.1, 0.15) is 6.92 Å². The summed E-state index contributed by atoms with van der Waals surface area (Å²) in [4.78, 5) is 0. The third-order valence-electron chi connectivity index (χ3n) is 0. The fourth-order valence-corrected chi connectivity index (χ4v) is 0. The molecule has 0 aromatic carbocycles. The van der Waals surface area contributed by atoms with Gasteiger partial charge in [0.25, 0.3) is 0 Å². The Morgan fingerprint density at radius 3 is 1.75 bits per heavy atom. The minimum absolute atomic E-state index is 0. The molecule has 0 radical (unpaired) electrons. The maximum Gasteiger partial charge on any atom is 1.00 e. The molecule has 0 aromatic heterocycles.